The molecule has 7 heteroatoms. The molecule has 1 aromatic heterocycles. The van der Waals surface area contributed by atoms with Crippen LogP contribution in [0.5, 0.6) is 0 Å². The smallest absolute Gasteiger partial charge is 0.240 e. The summed E-state index contributed by atoms with van der Waals surface area (Å²) in [4.78, 5) is 24.5. The van der Waals surface area contributed by atoms with Gasteiger partial charge in [0.25, 0.3) is 0 Å². The van der Waals surface area contributed by atoms with Crippen molar-refractivity contribution >= 4 is 11.8 Å². The first-order valence-corrected chi connectivity index (χ1v) is 5.66. The Hall–Kier alpha value is -1.89. The molecular weight excluding hydrogens is 238 g/mol. The van der Waals surface area contributed by atoms with Crippen molar-refractivity contribution in [3.8, 4) is 0 Å². The number of amides is 2. The zero-order valence-corrected chi connectivity index (χ0v) is 10.00. The fourth-order valence-electron chi connectivity index (χ4n) is 2.11. The van der Waals surface area contributed by atoms with Crippen LogP contribution in [0.4, 0.5) is 0 Å². The number of carbonyl (C=O) groups is 2. The summed E-state index contributed by atoms with van der Waals surface area (Å²) in [6.07, 6.45) is -0.503. The normalized spacial score (nSPS) is 23.3. The van der Waals surface area contributed by atoms with Gasteiger partial charge in [-0.3, -0.25) is 9.59 Å². The maximum absolute atomic E-state index is 12.0. The van der Waals surface area contributed by atoms with Crippen LogP contribution in [0.1, 0.15) is 17.9 Å². The Balaban J connectivity index is 2.06. The number of hydrogen-bond acceptors (Lipinski definition) is 5. The number of aliphatic hydroxyl groups excluding tert-OH is 1. The number of primary amides is 1. The number of hydrogen-bond donors (Lipinski definition) is 2. The van der Waals surface area contributed by atoms with Crippen LogP contribution < -0.4 is 5.73 Å². The van der Waals surface area contributed by atoms with Crippen molar-refractivity contribution < 1.29 is 19.2 Å². The molecule has 1 aliphatic rings. The predicted molar refractivity (Wildman–Crippen MR) is 60.3 cm³/mol. The number of nitrogens with two attached hydrogens (primary N) is 1. The fourth-order valence-corrected chi connectivity index (χ4v) is 2.11. The van der Waals surface area contributed by atoms with Gasteiger partial charge < -0.3 is 20.3 Å². The van der Waals surface area contributed by atoms with Crippen LogP contribution in [0, 0.1) is 6.92 Å². The lowest BCUT2D eigenvalue weighted by molar-refractivity contribution is -0.137. The van der Waals surface area contributed by atoms with Crippen molar-refractivity contribution in [1.29, 1.82) is 0 Å². The number of aliphatic hydroxyl groups is 1. The van der Waals surface area contributed by atoms with Gasteiger partial charge in [-0.25, -0.2) is 0 Å². The molecule has 0 saturated carbocycles. The molecule has 0 aromatic carbocycles. The van der Waals surface area contributed by atoms with Crippen molar-refractivity contribution in [2.75, 3.05) is 6.54 Å². The third kappa shape index (κ3) is 2.51. The molecule has 3 N–H and O–H groups in total. The summed E-state index contributed by atoms with van der Waals surface area (Å²) in [6, 6.07) is 0.917. The summed E-state index contributed by atoms with van der Waals surface area (Å²) in [5, 5.41) is 13.2. The van der Waals surface area contributed by atoms with Crippen molar-refractivity contribution in [3.05, 3.63) is 17.5 Å². The maximum Gasteiger partial charge on any atom is 0.240 e. The third-order valence-electron chi connectivity index (χ3n) is 2.93. The molecule has 0 radical (unpaired) electrons. The van der Waals surface area contributed by atoms with E-state index in [0.29, 0.717) is 11.5 Å². The lowest BCUT2D eigenvalue weighted by Crippen LogP contribution is -2.44. The standard InChI is InChI=1S/C11H15N3O4/c1-6-2-8(18-13-6)4-10(16)14-5-7(15)3-9(14)11(12)17/h2,7,9,15H,3-5H2,1H3,(H2,12,17)/t7?,9-/m0/s1. The highest BCUT2D eigenvalue weighted by Crippen LogP contribution is 2.19. The zero-order valence-electron chi connectivity index (χ0n) is 10.00. The number of rotatable bonds is 3. The molecule has 2 atom stereocenters. The first kappa shape index (κ1) is 12.6. The Morgan fingerprint density at radius 2 is 2.39 bits per heavy atom. The third-order valence-corrected chi connectivity index (χ3v) is 2.93. The quantitative estimate of drug-likeness (QED) is 0.716. The molecule has 0 spiro atoms. The van der Waals surface area contributed by atoms with Gasteiger partial charge in [0.2, 0.25) is 11.8 Å². The molecule has 1 aliphatic heterocycles. The monoisotopic (exact) mass is 253 g/mol. The Morgan fingerprint density at radius 3 is 2.94 bits per heavy atom. The van der Waals surface area contributed by atoms with Crippen LogP contribution in [0.2, 0.25) is 0 Å². The van der Waals surface area contributed by atoms with Crippen LogP contribution in [0.25, 0.3) is 0 Å². The van der Waals surface area contributed by atoms with Gasteiger partial charge in [0, 0.05) is 19.0 Å². The average molecular weight is 253 g/mol. The molecule has 2 rings (SSSR count). The minimum absolute atomic E-state index is 0.0112. The van der Waals surface area contributed by atoms with Crippen molar-refractivity contribution in [1.82, 2.24) is 10.1 Å². The Bertz CT molecular complexity index is 471. The first-order chi connectivity index (χ1) is 8.47. The van der Waals surface area contributed by atoms with E-state index in [1.165, 1.54) is 4.90 Å². The molecule has 0 aliphatic carbocycles. The molecule has 18 heavy (non-hydrogen) atoms. The highest BCUT2D eigenvalue weighted by atomic mass is 16.5. The lowest BCUT2D eigenvalue weighted by atomic mass is 10.2. The minimum atomic E-state index is -0.739. The van der Waals surface area contributed by atoms with Gasteiger partial charge in [-0.15, -0.1) is 0 Å². The van der Waals surface area contributed by atoms with E-state index in [-0.39, 0.29) is 25.3 Å². The van der Waals surface area contributed by atoms with E-state index >= 15 is 0 Å². The van der Waals surface area contributed by atoms with E-state index in [2.05, 4.69) is 5.16 Å². The van der Waals surface area contributed by atoms with Gasteiger partial charge >= 0.3 is 0 Å². The van der Waals surface area contributed by atoms with E-state index in [1.54, 1.807) is 13.0 Å². The van der Waals surface area contributed by atoms with Crippen molar-refractivity contribution in [2.45, 2.75) is 31.9 Å². The topological polar surface area (TPSA) is 110 Å². The number of aromatic nitrogens is 1. The lowest BCUT2D eigenvalue weighted by Gasteiger charge is -2.21. The molecule has 2 amide bonds. The summed E-state index contributed by atoms with van der Waals surface area (Å²) < 4.78 is 4.94. The van der Waals surface area contributed by atoms with Gasteiger partial charge in [-0.1, -0.05) is 5.16 Å². The van der Waals surface area contributed by atoms with Crippen LogP contribution in [0.15, 0.2) is 10.6 Å². The summed E-state index contributed by atoms with van der Waals surface area (Å²) >= 11 is 0. The summed E-state index contributed by atoms with van der Waals surface area (Å²) in [6.45, 7) is 1.88. The number of aryl methyl sites for hydroxylation is 1. The van der Waals surface area contributed by atoms with Crippen LogP contribution in [-0.2, 0) is 16.0 Å². The minimum Gasteiger partial charge on any atom is -0.391 e. The summed E-state index contributed by atoms with van der Waals surface area (Å²) in [5.41, 5.74) is 5.89. The second-order valence-electron chi connectivity index (χ2n) is 4.47. The summed E-state index contributed by atoms with van der Waals surface area (Å²) in [7, 11) is 0. The number of likely N-dealkylation sites (tertiary alicyclic amines) is 1. The molecule has 98 valence electrons. The molecule has 7 nitrogen and oxygen atoms in total. The van der Waals surface area contributed by atoms with E-state index in [1.807, 2.05) is 0 Å². The molecule has 0 bridgehead atoms. The van der Waals surface area contributed by atoms with Gasteiger partial charge in [0.05, 0.1) is 18.2 Å². The Kier molecular flexibility index (Phi) is 3.33. The van der Waals surface area contributed by atoms with E-state index in [0.717, 1.165) is 0 Å². The molecular formula is C11H15N3O4. The molecule has 2 heterocycles. The molecule has 1 unspecified atom stereocenters. The highest BCUT2D eigenvalue weighted by Gasteiger charge is 2.37. The molecule has 1 saturated heterocycles. The number of carbonyl (C=O) groups excluding carboxylic acids is 2. The number of β-amino-alcohol motifs (C(OH)–C–C–N with tert-alkyl or cyclic N) is 1. The second-order valence-corrected chi connectivity index (χ2v) is 4.47. The van der Waals surface area contributed by atoms with Gasteiger partial charge in [-0.05, 0) is 6.92 Å². The largest absolute Gasteiger partial charge is 0.391 e. The predicted octanol–water partition coefficient (Wildman–Crippen LogP) is -1.03. The van der Waals surface area contributed by atoms with E-state index in [4.69, 9.17) is 10.3 Å². The van der Waals surface area contributed by atoms with Crippen LogP contribution in [-0.4, -0.2) is 45.7 Å². The van der Waals surface area contributed by atoms with Crippen molar-refractivity contribution in [3.63, 3.8) is 0 Å². The highest BCUT2D eigenvalue weighted by molar-refractivity contribution is 5.88. The molecule has 1 aromatic rings. The molecule has 1 fully saturated rings. The van der Waals surface area contributed by atoms with Gasteiger partial charge in [0.15, 0.2) is 0 Å². The SMILES string of the molecule is Cc1cc(CC(=O)N2CC(O)C[C@H]2C(N)=O)on1. The average Bonchev–Trinajstić information content (AvgIpc) is 2.85. The van der Waals surface area contributed by atoms with Gasteiger partial charge in [-0.2, -0.15) is 0 Å². The van der Waals surface area contributed by atoms with E-state index < -0.39 is 18.1 Å². The van der Waals surface area contributed by atoms with Crippen molar-refractivity contribution in [2.24, 2.45) is 5.73 Å². The van der Waals surface area contributed by atoms with Crippen LogP contribution in [0.3, 0.4) is 0 Å². The first-order valence-electron chi connectivity index (χ1n) is 5.66. The van der Waals surface area contributed by atoms with E-state index in [9.17, 15) is 14.7 Å². The van der Waals surface area contributed by atoms with Gasteiger partial charge in [0.1, 0.15) is 11.8 Å². The second kappa shape index (κ2) is 4.77. The van der Waals surface area contributed by atoms with Crippen LogP contribution >= 0.6 is 0 Å². The Morgan fingerprint density at radius 1 is 1.67 bits per heavy atom. The summed E-state index contributed by atoms with van der Waals surface area (Å²) in [5.74, 6) is -0.470. The number of nitrogens with zero attached hydrogens (tertiary/aromatic N) is 2. The Labute approximate surface area is 104 Å². The zero-order chi connectivity index (χ0) is 13.3. The fraction of sp³-hybridized carbons (Fsp3) is 0.545. The maximum atomic E-state index is 12.0.